The largest absolute Gasteiger partial charge is 0.497 e. The van der Waals surface area contributed by atoms with Gasteiger partial charge in [-0.05, 0) is 49.2 Å². The molecule has 0 saturated carbocycles. The Labute approximate surface area is 201 Å². The number of rotatable bonds is 9. The van der Waals surface area contributed by atoms with Gasteiger partial charge in [0.25, 0.3) is 0 Å². The number of ether oxygens (including phenoxy) is 1. The highest BCUT2D eigenvalue weighted by Gasteiger charge is 2.25. The molecule has 0 radical (unpaired) electrons. The van der Waals surface area contributed by atoms with Crippen LogP contribution in [0.15, 0.2) is 58.5 Å². The van der Waals surface area contributed by atoms with Crippen LogP contribution in [0.2, 0.25) is 0 Å². The molecule has 0 saturated heterocycles. The van der Waals surface area contributed by atoms with Gasteiger partial charge in [-0.2, -0.15) is 4.98 Å². The third kappa shape index (κ3) is 5.25. The highest BCUT2D eigenvalue weighted by molar-refractivity contribution is 7.99. The van der Waals surface area contributed by atoms with Crippen molar-refractivity contribution >= 4 is 17.7 Å². The lowest BCUT2D eigenvalue weighted by atomic mass is 10.0. The highest BCUT2D eigenvalue weighted by atomic mass is 32.2. The molecule has 1 amide bonds. The van der Waals surface area contributed by atoms with Gasteiger partial charge >= 0.3 is 0 Å². The van der Waals surface area contributed by atoms with Crippen molar-refractivity contribution in [3.63, 3.8) is 0 Å². The van der Waals surface area contributed by atoms with Gasteiger partial charge in [-0.25, -0.2) is 0 Å². The number of carbonyl (C=O) groups is 1. The van der Waals surface area contributed by atoms with Crippen LogP contribution in [0.3, 0.4) is 0 Å². The summed E-state index contributed by atoms with van der Waals surface area (Å²) in [6, 6.07) is 10.8. The van der Waals surface area contributed by atoms with Gasteiger partial charge in [0.1, 0.15) is 17.6 Å². The van der Waals surface area contributed by atoms with Crippen molar-refractivity contribution in [2.24, 2.45) is 5.92 Å². The second kappa shape index (κ2) is 10.5. The van der Waals surface area contributed by atoms with E-state index in [0.29, 0.717) is 16.9 Å². The van der Waals surface area contributed by atoms with Gasteiger partial charge in [0.2, 0.25) is 17.6 Å². The van der Waals surface area contributed by atoms with Crippen molar-refractivity contribution in [3.05, 3.63) is 60.5 Å². The van der Waals surface area contributed by atoms with Gasteiger partial charge < -0.3 is 14.6 Å². The number of benzene rings is 1. The van der Waals surface area contributed by atoms with Gasteiger partial charge in [0.05, 0.1) is 12.9 Å². The maximum atomic E-state index is 12.8. The first-order valence-corrected chi connectivity index (χ1v) is 11.7. The summed E-state index contributed by atoms with van der Waals surface area (Å²) in [6.07, 6.45) is 3.34. The molecule has 3 heterocycles. The summed E-state index contributed by atoms with van der Waals surface area (Å²) < 4.78 is 12.6. The lowest BCUT2D eigenvalue weighted by molar-refractivity contribution is -0.119. The first-order valence-electron chi connectivity index (χ1n) is 10.7. The molecule has 0 aliphatic rings. The van der Waals surface area contributed by atoms with Gasteiger partial charge in [-0.3, -0.25) is 14.3 Å². The Kier molecular flexibility index (Phi) is 7.21. The average molecular weight is 480 g/mol. The van der Waals surface area contributed by atoms with Crippen molar-refractivity contribution in [3.8, 4) is 22.8 Å². The van der Waals surface area contributed by atoms with Crippen LogP contribution in [0.5, 0.6) is 5.75 Å². The summed E-state index contributed by atoms with van der Waals surface area (Å²) in [5.41, 5.74) is 1.63. The lowest BCUT2D eigenvalue weighted by Gasteiger charge is -2.18. The number of hydrogen-bond donors (Lipinski definition) is 1. The molecule has 1 atom stereocenters. The summed E-state index contributed by atoms with van der Waals surface area (Å²) in [5, 5.41) is 16.1. The molecule has 3 aromatic heterocycles. The van der Waals surface area contributed by atoms with Crippen molar-refractivity contribution < 1.29 is 14.1 Å². The average Bonchev–Trinajstić information content (AvgIpc) is 3.48. The number of nitrogens with one attached hydrogen (secondary N) is 1. The Hall–Kier alpha value is -3.73. The van der Waals surface area contributed by atoms with E-state index in [1.807, 2.05) is 55.7 Å². The third-order valence-electron chi connectivity index (χ3n) is 5.07. The number of thioether (sulfide) groups is 1. The number of pyridine rings is 1. The summed E-state index contributed by atoms with van der Waals surface area (Å²) in [6.45, 7) is 5.83. The molecule has 0 aliphatic carbocycles. The zero-order chi connectivity index (χ0) is 24.1. The summed E-state index contributed by atoms with van der Waals surface area (Å²) in [7, 11) is 1.62. The Morgan fingerprint density at radius 3 is 2.68 bits per heavy atom. The van der Waals surface area contributed by atoms with Crippen molar-refractivity contribution in [1.29, 1.82) is 0 Å². The minimum atomic E-state index is -0.424. The van der Waals surface area contributed by atoms with Crippen LogP contribution >= 0.6 is 11.8 Å². The Morgan fingerprint density at radius 1 is 1.21 bits per heavy atom. The Balaban J connectivity index is 1.44. The summed E-state index contributed by atoms with van der Waals surface area (Å²) in [4.78, 5) is 21.4. The number of amides is 1. The topological polar surface area (TPSA) is 121 Å². The van der Waals surface area contributed by atoms with Crippen LogP contribution in [0.1, 0.15) is 31.6 Å². The Morgan fingerprint density at radius 2 is 2.00 bits per heavy atom. The third-order valence-corrected chi connectivity index (χ3v) is 6.00. The first-order chi connectivity index (χ1) is 16.5. The quantitative estimate of drug-likeness (QED) is 0.359. The monoisotopic (exact) mass is 479 g/mol. The van der Waals surface area contributed by atoms with Crippen molar-refractivity contribution in [1.82, 2.24) is 35.2 Å². The van der Waals surface area contributed by atoms with E-state index in [2.05, 4.69) is 30.6 Å². The maximum absolute atomic E-state index is 12.8. The maximum Gasteiger partial charge on any atom is 0.249 e. The van der Waals surface area contributed by atoms with E-state index in [0.717, 1.165) is 22.8 Å². The van der Waals surface area contributed by atoms with Crippen LogP contribution < -0.4 is 10.1 Å². The molecule has 4 rings (SSSR count). The molecule has 176 valence electrons. The number of hydrogen-bond acceptors (Lipinski definition) is 9. The van der Waals surface area contributed by atoms with E-state index in [4.69, 9.17) is 9.26 Å². The molecule has 34 heavy (non-hydrogen) atoms. The summed E-state index contributed by atoms with van der Waals surface area (Å²) >= 11 is 1.30. The van der Waals surface area contributed by atoms with Gasteiger partial charge in [0, 0.05) is 23.6 Å². The molecule has 0 fully saturated rings. The van der Waals surface area contributed by atoms with Gasteiger partial charge in [-0.15, -0.1) is 10.2 Å². The normalized spacial score (nSPS) is 12.0. The molecule has 1 unspecified atom stereocenters. The molecule has 0 spiro atoms. The van der Waals surface area contributed by atoms with Crippen LogP contribution in [0.25, 0.3) is 17.1 Å². The first kappa shape index (κ1) is 23.4. The van der Waals surface area contributed by atoms with E-state index >= 15 is 0 Å². The number of aromatic nitrogens is 6. The number of carbonyl (C=O) groups excluding carboxylic acids is 1. The standard InChI is InChI=1S/C23H25N7O3S/c1-14(2)20(22-26-21(29-33-22)16-6-5-11-24-12-16)25-19(31)13-34-23-28-27-15(3)30(23)17-7-9-18(32-4)10-8-17/h5-12,14,20H,13H2,1-4H3,(H,25,31). The van der Waals surface area contributed by atoms with E-state index in [1.165, 1.54) is 11.8 Å². The molecule has 0 aliphatic heterocycles. The fourth-order valence-electron chi connectivity index (χ4n) is 3.30. The van der Waals surface area contributed by atoms with E-state index in [-0.39, 0.29) is 17.6 Å². The van der Waals surface area contributed by atoms with Crippen LogP contribution in [-0.2, 0) is 4.79 Å². The number of methoxy groups -OCH3 is 1. The molecule has 0 bridgehead atoms. The molecule has 4 aromatic rings. The zero-order valence-electron chi connectivity index (χ0n) is 19.3. The molecular formula is C23H25N7O3S. The van der Waals surface area contributed by atoms with Gasteiger partial charge in [-0.1, -0.05) is 30.8 Å². The van der Waals surface area contributed by atoms with Crippen LogP contribution in [-0.4, -0.2) is 48.7 Å². The fraction of sp³-hybridized carbons (Fsp3) is 0.304. The lowest BCUT2D eigenvalue weighted by Crippen LogP contribution is -2.33. The van der Waals surface area contributed by atoms with E-state index in [9.17, 15) is 4.79 Å². The number of nitrogens with zero attached hydrogens (tertiary/aromatic N) is 6. The second-order valence-electron chi connectivity index (χ2n) is 7.84. The predicted molar refractivity (Wildman–Crippen MR) is 127 cm³/mol. The van der Waals surface area contributed by atoms with Gasteiger partial charge in [0.15, 0.2) is 5.16 Å². The van der Waals surface area contributed by atoms with Crippen LogP contribution in [0, 0.1) is 12.8 Å². The Bertz CT molecular complexity index is 1240. The SMILES string of the molecule is COc1ccc(-n2c(C)nnc2SCC(=O)NC(c2nc(-c3cccnc3)no2)C(C)C)cc1. The minimum Gasteiger partial charge on any atom is -0.497 e. The number of aryl methyl sites for hydroxylation is 1. The second-order valence-corrected chi connectivity index (χ2v) is 8.78. The highest BCUT2D eigenvalue weighted by Crippen LogP contribution is 2.26. The minimum absolute atomic E-state index is 0.0429. The molecule has 1 aromatic carbocycles. The fourth-order valence-corrected chi connectivity index (χ4v) is 4.11. The van der Waals surface area contributed by atoms with E-state index < -0.39 is 6.04 Å². The molecule has 1 N–H and O–H groups in total. The molecular weight excluding hydrogens is 454 g/mol. The zero-order valence-corrected chi connectivity index (χ0v) is 20.1. The summed E-state index contributed by atoms with van der Waals surface area (Å²) in [5.74, 6) is 2.29. The molecule has 11 heteroatoms. The van der Waals surface area contributed by atoms with Crippen molar-refractivity contribution in [2.45, 2.75) is 32.0 Å². The van der Waals surface area contributed by atoms with Crippen LogP contribution in [0.4, 0.5) is 0 Å². The van der Waals surface area contributed by atoms with Crippen molar-refractivity contribution in [2.75, 3.05) is 12.9 Å². The molecule has 10 nitrogen and oxygen atoms in total. The smallest absolute Gasteiger partial charge is 0.249 e. The predicted octanol–water partition coefficient (Wildman–Crippen LogP) is 3.63. The van der Waals surface area contributed by atoms with E-state index in [1.54, 1.807) is 25.6 Å².